The molecule has 0 radical (unpaired) electrons. The number of allylic oxidation sites excluding steroid dienone is 1. The summed E-state index contributed by atoms with van der Waals surface area (Å²) in [6.45, 7) is 2.12. The molecule has 1 heteroatoms. The van der Waals surface area contributed by atoms with Crippen LogP contribution < -0.4 is 0 Å². The van der Waals surface area contributed by atoms with Gasteiger partial charge in [0.1, 0.15) is 5.60 Å². The van der Waals surface area contributed by atoms with Gasteiger partial charge in [-0.15, -0.1) is 0 Å². The number of hydrogen-bond acceptors (Lipinski definition) is 1. The van der Waals surface area contributed by atoms with Gasteiger partial charge in [0.2, 0.25) is 0 Å². The Morgan fingerprint density at radius 3 is 2.04 bits per heavy atom. The number of benzene rings is 3. The smallest absolute Gasteiger partial charge is 0.119 e. The topological polar surface area (TPSA) is 20.2 Å². The van der Waals surface area contributed by atoms with Crippen molar-refractivity contribution >= 4 is 11.1 Å². The Morgan fingerprint density at radius 2 is 1.33 bits per heavy atom. The van der Waals surface area contributed by atoms with Gasteiger partial charge in [-0.2, -0.15) is 0 Å². The highest BCUT2D eigenvalue weighted by Crippen LogP contribution is 2.47. The van der Waals surface area contributed by atoms with Crippen LogP contribution in [0.5, 0.6) is 0 Å². The van der Waals surface area contributed by atoms with Crippen LogP contribution in [-0.4, -0.2) is 5.11 Å². The average Bonchev–Trinajstić information content (AvgIpc) is 2.63. The molecule has 1 nitrogen and oxygen atoms in total. The maximum Gasteiger partial charge on any atom is 0.119 e. The van der Waals surface area contributed by atoms with Gasteiger partial charge in [0.15, 0.2) is 0 Å². The molecular formula is C23H20O. The minimum absolute atomic E-state index is 0.592. The molecule has 3 aromatic rings. The minimum atomic E-state index is -1.01. The predicted octanol–water partition coefficient (Wildman–Crippen LogP) is 5.06. The van der Waals surface area contributed by atoms with E-state index in [2.05, 4.69) is 37.3 Å². The number of fused-ring (bicyclic) bond motifs is 1. The van der Waals surface area contributed by atoms with E-state index >= 15 is 0 Å². The van der Waals surface area contributed by atoms with Gasteiger partial charge in [-0.25, -0.2) is 0 Å². The first-order chi connectivity index (χ1) is 11.7. The van der Waals surface area contributed by atoms with Crippen molar-refractivity contribution in [2.75, 3.05) is 0 Å². The highest BCUT2D eigenvalue weighted by molar-refractivity contribution is 5.96. The summed E-state index contributed by atoms with van der Waals surface area (Å²) in [5, 5.41) is 11.8. The molecule has 0 aliphatic heterocycles. The van der Waals surface area contributed by atoms with E-state index < -0.39 is 5.60 Å². The van der Waals surface area contributed by atoms with E-state index in [0.717, 1.165) is 22.3 Å². The van der Waals surface area contributed by atoms with E-state index in [9.17, 15) is 5.11 Å². The zero-order valence-electron chi connectivity index (χ0n) is 13.7. The van der Waals surface area contributed by atoms with Crippen LogP contribution in [0.3, 0.4) is 0 Å². The summed E-state index contributed by atoms with van der Waals surface area (Å²) in [6.07, 6.45) is 0.592. The molecule has 118 valence electrons. The van der Waals surface area contributed by atoms with Crippen LogP contribution in [0.4, 0.5) is 0 Å². The van der Waals surface area contributed by atoms with Crippen LogP contribution in [0.1, 0.15) is 29.2 Å². The Labute approximate surface area is 142 Å². The van der Waals surface area contributed by atoms with Gasteiger partial charge in [0.05, 0.1) is 0 Å². The van der Waals surface area contributed by atoms with Crippen molar-refractivity contribution in [3.63, 3.8) is 0 Å². The molecule has 0 bridgehead atoms. The standard InChI is InChI=1S/C23H20O/c1-17-21-15-9-8-12-19(21)16-23(24,20-13-6-3-7-14-20)22(17)18-10-4-2-5-11-18/h2-15,24H,16H2,1H3. The van der Waals surface area contributed by atoms with E-state index in [1.165, 1.54) is 11.1 Å². The third-order valence-electron chi connectivity index (χ3n) is 4.97. The third-order valence-corrected chi connectivity index (χ3v) is 4.97. The summed E-state index contributed by atoms with van der Waals surface area (Å²) in [6, 6.07) is 28.6. The first kappa shape index (κ1) is 14.9. The fraction of sp³-hybridized carbons (Fsp3) is 0.130. The van der Waals surface area contributed by atoms with Crippen molar-refractivity contribution in [1.82, 2.24) is 0 Å². The van der Waals surface area contributed by atoms with E-state index in [1.54, 1.807) is 0 Å². The van der Waals surface area contributed by atoms with Gasteiger partial charge < -0.3 is 5.11 Å². The SMILES string of the molecule is CC1=C(c2ccccc2)C(O)(c2ccccc2)Cc2ccccc21. The fourth-order valence-corrected chi connectivity index (χ4v) is 3.87. The van der Waals surface area contributed by atoms with Crippen molar-refractivity contribution < 1.29 is 5.11 Å². The molecule has 1 unspecified atom stereocenters. The lowest BCUT2D eigenvalue weighted by Gasteiger charge is -2.38. The molecule has 1 aliphatic carbocycles. The molecule has 24 heavy (non-hydrogen) atoms. The fourth-order valence-electron chi connectivity index (χ4n) is 3.87. The van der Waals surface area contributed by atoms with Gasteiger partial charge >= 0.3 is 0 Å². The minimum Gasteiger partial charge on any atom is -0.380 e. The van der Waals surface area contributed by atoms with E-state index in [0.29, 0.717) is 6.42 Å². The molecular weight excluding hydrogens is 292 g/mol. The second-order valence-electron chi connectivity index (χ2n) is 6.43. The Bertz CT molecular complexity index is 894. The first-order valence-electron chi connectivity index (χ1n) is 8.33. The molecule has 1 N–H and O–H groups in total. The van der Waals surface area contributed by atoms with Gasteiger partial charge in [0.25, 0.3) is 0 Å². The van der Waals surface area contributed by atoms with Gasteiger partial charge in [-0.1, -0.05) is 84.9 Å². The third kappa shape index (κ3) is 2.29. The lowest BCUT2D eigenvalue weighted by molar-refractivity contribution is 0.0999. The van der Waals surface area contributed by atoms with Crippen LogP contribution >= 0.6 is 0 Å². The molecule has 3 aromatic carbocycles. The molecule has 0 spiro atoms. The van der Waals surface area contributed by atoms with Gasteiger partial charge in [-0.3, -0.25) is 0 Å². The van der Waals surface area contributed by atoms with E-state index in [4.69, 9.17) is 0 Å². The Morgan fingerprint density at radius 1 is 0.750 bits per heavy atom. The van der Waals surface area contributed by atoms with Crippen LogP contribution in [0.15, 0.2) is 84.9 Å². The molecule has 0 heterocycles. The molecule has 0 fully saturated rings. The summed E-state index contributed by atoms with van der Waals surface area (Å²) < 4.78 is 0. The molecule has 4 rings (SSSR count). The Hall–Kier alpha value is -2.64. The lowest BCUT2D eigenvalue weighted by atomic mass is 9.70. The van der Waals surface area contributed by atoms with Gasteiger partial charge in [0, 0.05) is 6.42 Å². The highest BCUT2D eigenvalue weighted by atomic mass is 16.3. The molecule has 0 aromatic heterocycles. The molecule has 1 aliphatic rings. The van der Waals surface area contributed by atoms with Crippen molar-refractivity contribution in [1.29, 1.82) is 0 Å². The van der Waals surface area contributed by atoms with Crippen LogP contribution in [0, 0.1) is 0 Å². The average molecular weight is 312 g/mol. The first-order valence-corrected chi connectivity index (χ1v) is 8.33. The van der Waals surface area contributed by atoms with Crippen LogP contribution in [-0.2, 0) is 12.0 Å². The van der Waals surface area contributed by atoms with E-state index in [-0.39, 0.29) is 0 Å². The molecule has 0 saturated heterocycles. The summed E-state index contributed by atoms with van der Waals surface area (Å²) in [5.41, 5.74) is 5.59. The van der Waals surface area contributed by atoms with Crippen molar-refractivity contribution in [3.8, 4) is 0 Å². The van der Waals surface area contributed by atoms with Gasteiger partial charge in [-0.05, 0) is 40.3 Å². The number of hydrogen-bond donors (Lipinski definition) is 1. The number of rotatable bonds is 2. The zero-order valence-corrected chi connectivity index (χ0v) is 13.7. The summed E-state index contributed by atoms with van der Waals surface area (Å²) in [7, 11) is 0. The summed E-state index contributed by atoms with van der Waals surface area (Å²) in [4.78, 5) is 0. The second-order valence-corrected chi connectivity index (χ2v) is 6.43. The Kier molecular flexibility index (Phi) is 3.59. The van der Waals surface area contributed by atoms with Crippen molar-refractivity contribution in [3.05, 3.63) is 107 Å². The normalized spacial score (nSPS) is 19.9. The molecule has 1 atom stereocenters. The number of aliphatic hydroxyl groups is 1. The largest absolute Gasteiger partial charge is 0.380 e. The second kappa shape index (κ2) is 5.77. The predicted molar refractivity (Wildman–Crippen MR) is 99.4 cm³/mol. The lowest BCUT2D eigenvalue weighted by Crippen LogP contribution is -2.33. The Balaban J connectivity index is 2.02. The quantitative estimate of drug-likeness (QED) is 0.701. The summed E-state index contributed by atoms with van der Waals surface area (Å²) in [5.74, 6) is 0. The van der Waals surface area contributed by atoms with Crippen LogP contribution in [0.2, 0.25) is 0 Å². The van der Waals surface area contributed by atoms with E-state index in [1.807, 2.05) is 54.6 Å². The highest BCUT2D eigenvalue weighted by Gasteiger charge is 2.39. The maximum absolute atomic E-state index is 11.8. The van der Waals surface area contributed by atoms with Crippen LogP contribution in [0.25, 0.3) is 11.1 Å². The monoisotopic (exact) mass is 312 g/mol. The molecule has 0 amide bonds. The van der Waals surface area contributed by atoms with Crippen molar-refractivity contribution in [2.45, 2.75) is 18.9 Å². The van der Waals surface area contributed by atoms with Crippen molar-refractivity contribution in [2.24, 2.45) is 0 Å². The summed E-state index contributed by atoms with van der Waals surface area (Å²) >= 11 is 0. The molecule has 0 saturated carbocycles. The maximum atomic E-state index is 11.8. The zero-order chi connectivity index (χ0) is 16.6.